The summed E-state index contributed by atoms with van der Waals surface area (Å²) < 4.78 is 46.4. The van der Waals surface area contributed by atoms with Gasteiger partial charge in [0.15, 0.2) is 11.6 Å². The van der Waals surface area contributed by atoms with Crippen molar-refractivity contribution >= 4 is 15.8 Å². The molecule has 0 aromatic carbocycles. The minimum atomic E-state index is -3.60. The zero-order valence-corrected chi connectivity index (χ0v) is 8.39. The van der Waals surface area contributed by atoms with Crippen LogP contribution in [-0.2, 0) is 10.0 Å². The van der Waals surface area contributed by atoms with Crippen LogP contribution in [0.15, 0.2) is 12.3 Å². The molecule has 0 amide bonds. The first kappa shape index (κ1) is 11.8. The minimum absolute atomic E-state index is 0.0889. The number of primary sulfonamides is 1. The molecule has 0 aliphatic rings. The van der Waals surface area contributed by atoms with Gasteiger partial charge in [-0.2, -0.15) is 0 Å². The Morgan fingerprint density at radius 1 is 1.47 bits per heavy atom. The summed E-state index contributed by atoms with van der Waals surface area (Å²) in [5.74, 6) is -2.25. The monoisotopic (exact) mass is 237 g/mol. The van der Waals surface area contributed by atoms with Gasteiger partial charge in [0.25, 0.3) is 0 Å². The lowest BCUT2D eigenvalue weighted by Crippen LogP contribution is -2.22. The summed E-state index contributed by atoms with van der Waals surface area (Å²) in [5, 5.41) is 7.10. The van der Waals surface area contributed by atoms with Crippen molar-refractivity contribution in [3.8, 4) is 0 Å². The lowest BCUT2D eigenvalue weighted by molar-refractivity contribution is 0.575. The van der Waals surface area contributed by atoms with E-state index in [1.807, 2.05) is 0 Å². The highest BCUT2D eigenvalue weighted by atomic mass is 32.2. The van der Waals surface area contributed by atoms with Crippen LogP contribution in [0.3, 0.4) is 0 Å². The third-order valence-corrected chi connectivity index (χ3v) is 2.26. The van der Waals surface area contributed by atoms with Crippen molar-refractivity contribution in [1.29, 1.82) is 0 Å². The maximum atomic E-state index is 12.9. The summed E-state index contributed by atoms with van der Waals surface area (Å²) in [6.07, 6.45) is 0.822. The normalized spacial score (nSPS) is 11.4. The van der Waals surface area contributed by atoms with E-state index in [0.29, 0.717) is 6.07 Å². The third kappa shape index (κ3) is 4.17. The fraction of sp³-hybridized carbons (Fsp3) is 0.286. The van der Waals surface area contributed by atoms with Crippen LogP contribution in [0.4, 0.5) is 14.6 Å². The minimum Gasteiger partial charge on any atom is -0.367 e. The van der Waals surface area contributed by atoms with Crippen molar-refractivity contribution < 1.29 is 17.2 Å². The van der Waals surface area contributed by atoms with Gasteiger partial charge in [-0.25, -0.2) is 27.3 Å². The molecule has 1 aromatic heterocycles. The Morgan fingerprint density at radius 2 is 2.13 bits per heavy atom. The quantitative estimate of drug-likeness (QED) is 0.775. The Balaban J connectivity index is 2.59. The second-order valence-electron chi connectivity index (χ2n) is 2.78. The van der Waals surface area contributed by atoms with Crippen LogP contribution in [0.2, 0.25) is 0 Å². The van der Waals surface area contributed by atoms with Crippen LogP contribution < -0.4 is 10.5 Å². The van der Waals surface area contributed by atoms with Gasteiger partial charge in [0.05, 0.1) is 11.9 Å². The molecule has 5 nitrogen and oxygen atoms in total. The fourth-order valence-corrected chi connectivity index (χ4v) is 1.24. The van der Waals surface area contributed by atoms with Crippen LogP contribution >= 0.6 is 0 Å². The largest absolute Gasteiger partial charge is 0.367 e. The van der Waals surface area contributed by atoms with Gasteiger partial charge in [-0.15, -0.1) is 0 Å². The molecule has 1 rings (SSSR count). The molecule has 8 heteroatoms. The standard InChI is InChI=1S/C7H9F2N3O2S/c8-5-3-6(9)7(12-4-5)11-1-2-15(10,13)14/h3-4H,1-2H2,(H,11,12)(H2,10,13,14). The summed E-state index contributed by atoms with van der Waals surface area (Å²) in [6, 6.07) is 0.645. The van der Waals surface area contributed by atoms with Crippen molar-refractivity contribution in [1.82, 2.24) is 4.98 Å². The number of anilines is 1. The molecule has 1 aromatic rings. The van der Waals surface area contributed by atoms with Gasteiger partial charge in [0.2, 0.25) is 10.0 Å². The SMILES string of the molecule is NS(=O)(=O)CCNc1ncc(F)cc1F. The maximum Gasteiger partial charge on any atom is 0.210 e. The number of sulfonamides is 1. The number of nitrogens with two attached hydrogens (primary N) is 1. The molecule has 0 bridgehead atoms. The predicted molar refractivity (Wildman–Crippen MR) is 50.6 cm³/mol. The van der Waals surface area contributed by atoms with Gasteiger partial charge in [0.1, 0.15) is 5.82 Å². The Hall–Kier alpha value is -1.28. The lowest BCUT2D eigenvalue weighted by Gasteiger charge is -2.04. The van der Waals surface area contributed by atoms with Crippen molar-refractivity contribution in [2.24, 2.45) is 5.14 Å². The Labute approximate surface area is 85.4 Å². The zero-order valence-electron chi connectivity index (χ0n) is 7.57. The van der Waals surface area contributed by atoms with Crippen molar-refractivity contribution in [2.45, 2.75) is 0 Å². The topological polar surface area (TPSA) is 85.1 Å². The molecule has 0 aliphatic heterocycles. The van der Waals surface area contributed by atoms with Gasteiger partial charge in [0, 0.05) is 12.6 Å². The van der Waals surface area contributed by atoms with Crippen molar-refractivity contribution in [3.63, 3.8) is 0 Å². The molecule has 0 radical (unpaired) electrons. The van der Waals surface area contributed by atoms with E-state index in [1.165, 1.54) is 0 Å². The van der Waals surface area contributed by atoms with Gasteiger partial charge in [-0.1, -0.05) is 0 Å². The molecule has 0 saturated carbocycles. The molecule has 3 N–H and O–H groups in total. The van der Waals surface area contributed by atoms with Gasteiger partial charge in [-0.3, -0.25) is 0 Å². The van der Waals surface area contributed by atoms with E-state index in [-0.39, 0.29) is 18.1 Å². The first-order valence-electron chi connectivity index (χ1n) is 3.94. The van der Waals surface area contributed by atoms with Gasteiger partial charge in [-0.05, 0) is 0 Å². The number of hydrogen-bond donors (Lipinski definition) is 2. The highest BCUT2D eigenvalue weighted by Crippen LogP contribution is 2.10. The van der Waals surface area contributed by atoms with Crippen LogP contribution in [0, 0.1) is 11.6 Å². The molecular formula is C7H9F2N3O2S. The zero-order chi connectivity index (χ0) is 11.5. The van der Waals surface area contributed by atoms with E-state index in [0.717, 1.165) is 6.20 Å². The molecular weight excluding hydrogens is 228 g/mol. The summed E-state index contributed by atoms with van der Waals surface area (Å²) in [7, 11) is -3.60. The molecule has 0 fully saturated rings. The Kier molecular flexibility index (Phi) is 3.53. The van der Waals surface area contributed by atoms with Gasteiger partial charge >= 0.3 is 0 Å². The second kappa shape index (κ2) is 4.49. The molecule has 0 saturated heterocycles. The van der Waals surface area contributed by atoms with Crippen LogP contribution in [-0.4, -0.2) is 25.7 Å². The first-order valence-corrected chi connectivity index (χ1v) is 5.65. The Bertz CT molecular complexity index is 450. The van der Waals surface area contributed by atoms with Gasteiger partial charge < -0.3 is 5.32 Å². The van der Waals surface area contributed by atoms with E-state index in [4.69, 9.17) is 5.14 Å². The van der Waals surface area contributed by atoms with Crippen molar-refractivity contribution in [3.05, 3.63) is 23.9 Å². The van der Waals surface area contributed by atoms with Crippen molar-refractivity contribution in [2.75, 3.05) is 17.6 Å². The predicted octanol–water partition coefficient (Wildman–Crippen LogP) is 0.0602. The molecule has 84 valence electrons. The maximum absolute atomic E-state index is 12.9. The van der Waals surface area contributed by atoms with E-state index in [9.17, 15) is 17.2 Å². The Morgan fingerprint density at radius 3 is 2.67 bits per heavy atom. The smallest absolute Gasteiger partial charge is 0.210 e. The number of rotatable bonds is 4. The lowest BCUT2D eigenvalue weighted by atomic mass is 10.4. The van der Waals surface area contributed by atoms with Crippen LogP contribution in [0.1, 0.15) is 0 Å². The molecule has 0 unspecified atom stereocenters. The van der Waals surface area contributed by atoms with Crippen LogP contribution in [0.25, 0.3) is 0 Å². The average Bonchev–Trinajstić information content (AvgIpc) is 2.07. The molecule has 15 heavy (non-hydrogen) atoms. The van der Waals surface area contributed by atoms with E-state index in [2.05, 4.69) is 10.3 Å². The number of aromatic nitrogens is 1. The number of nitrogens with zero attached hydrogens (tertiary/aromatic N) is 1. The first-order chi connectivity index (χ1) is 6.88. The second-order valence-corrected chi connectivity index (χ2v) is 4.51. The summed E-state index contributed by atoms with van der Waals surface area (Å²) >= 11 is 0. The van der Waals surface area contributed by atoms with E-state index >= 15 is 0 Å². The van der Waals surface area contributed by atoms with E-state index in [1.54, 1.807) is 0 Å². The highest BCUT2D eigenvalue weighted by Gasteiger charge is 2.06. The summed E-state index contributed by atoms with van der Waals surface area (Å²) in [6.45, 7) is -0.0889. The van der Waals surface area contributed by atoms with Crippen LogP contribution in [0.5, 0.6) is 0 Å². The molecule has 0 aliphatic carbocycles. The summed E-state index contributed by atoms with van der Waals surface area (Å²) in [5.41, 5.74) is 0. The summed E-state index contributed by atoms with van der Waals surface area (Å²) in [4.78, 5) is 3.40. The number of hydrogen-bond acceptors (Lipinski definition) is 4. The molecule has 0 atom stereocenters. The fourth-order valence-electron chi connectivity index (χ4n) is 0.856. The number of pyridine rings is 1. The van der Waals surface area contributed by atoms with E-state index < -0.39 is 21.7 Å². The highest BCUT2D eigenvalue weighted by molar-refractivity contribution is 7.89. The number of nitrogens with one attached hydrogen (secondary N) is 1. The third-order valence-electron chi connectivity index (χ3n) is 1.49. The molecule has 0 spiro atoms. The average molecular weight is 237 g/mol. The molecule has 1 heterocycles. The number of halogens is 2.